The molecule has 1 aliphatic rings. The van der Waals surface area contributed by atoms with E-state index in [-0.39, 0.29) is 6.04 Å². The second kappa shape index (κ2) is 9.57. The largest absolute Gasteiger partial charge is 0.444 e. The van der Waals surface area contributed by atoms with Crippen LogP contribution in [0.2, 0.25) is 0 Å². The first-order chi connectivity index (χ1) is 14.8. The highest BCUT2D eigenvalue weighted by atomic mass is 16.6. The van der Waals surface area contributed by atoms with E-state index in [9.17, 15) is 4.79 Å². The first kappa shape index (κ1) is 22.2. The molecule has 1 unspecified atom stereocenters. The van der Waals surface area contributed by atoms with Gasteiger partial charge in [0.05, 0.1) is 30.6 Å². The summed E-state index contributed by atoms with van der Waals surface area (Å²) < 4.78 is 11.1. The van der Waals surface area contributed by atoms with Gasteiger partial charge in [-0.15, -0.1) is 0 Å². The molecule has 0 fully saturated rings. The molecule has 1 amide bonds. The smallest absolute Gasteiger partial charge is 0.408 e. The number of fused-ring (bicyclic) bond motifs is 1. The Kier molecular flexibility index (Phi) is 6.86. The number of aliphatic imine (C=N–C) groups is 1. The normalized spacial score (nSPS) is 16.6. The topological polar surface area (TPSA) is 124 Å². The van der Waals surface area contributed by atoms with Crippen LogP contribution in [0.5, 0.6) is 0 Å². The summed E-state index contributed by atoms with van der Waals surface area (Å²) in [5.74, 6) is 0.410. The number of alkyl carbamates (subject to hydrolysis) is 1. The van der Waals surface area contributed by atoms with Crippen molar-refractivity contribution in [2.75, 3.05) is 19.0 Å². The van der Waals surface area contributed by atoms with Gasteiger partial charge < -0.3 is 25.8 Å². The van der Waals surface area contributed by atoms with E-state index in [4.69, 9.17) is 15.2 Å². The molecule has 2 aromatic rings. The number of anilines is 1. The van der Waals surface area contributed by atoms with Crippen LogP contribution in [0.3, 0.4) is 0 Å². The zero-order valence-corrected chi connectivity index (χ0v) is 18.2. The predicted octanol–water partition coefficient (Wildman–Crippen LogP) is 3.15. The Hall–Kier alpha value is -3.46. The minimum atomic E-state index is -0.563. The maximum Gasteiger partial charge on any atom is 0.408 e. The van der Waals surface area contributed by atoms with E-state index in [1.165, 1.54) is 6.20 Å². The van der Waals surface area contributed by atoms with E-state index < -0.39 is 11.7 Å². The van der Waals surface area contributed by atoms with Gasteiger partial charge in [0.25, 0.3) is 0 Å². The third-order valence-electron chi connectivity index (χ3n) is 4.41. The summed E-state index contributed by atoms with van der Waals surface area (Å²) in [6, 6.07) is 7.51. The second-order valence-electron chi connectivity index (χ2n) is 8.03. The van der Waals surface area contributed by atoms with E-state index in [0.717, 1.165) is 22.4 Å². The van der Waals surface area contributed by atoms with Crippen LogP contribution in [0.25, 0.3) is 11.3 Å². The first-order valence-corrected chi connectivity index (χ1v) is 9.93. The van der Waals surface area contributed by atoms with Gasteiger partial charge in [0, 0.05) is 31.2 Å². The van der Waals surface area contributed by atoms with Crippen LogP contribution in [0.1, 0.15) is 37.9 Å². The second-order valence-corrected chi connectivity index (χ2v) is 8.03. The highest BCUT2D eigenvalue weighted by Gasteiger charge is 2.25. The number of carbonyl (C=O) groups is 1. The molecule has 164 valence electrons. The molecule has 9 heteroatoms. The monoisotopic (exact) mass is 424 g/mol. The predicted molar refractivity (Wildman–Crippen MR) is 120 cm³/mol. The van der Waals surface area contributed by atoms with E-state index in [1.807, 2.05) is 45.0 Å². The highest BCUT2D eigenvalue weighted by molar-refractivity contribution is 5.82. The zero-order chi connectivity index (χ0) is 22.4. The molecule has 0 saturated heterocycles. The average molecular weight is 425 g/mol. The lowest BCUT2D eigenvalue weighted by molar-refractivity contribution is 0.0390. The van der Waals surface area contributed by atoms with Crippen molar-refractivity contribution in [2.24, 2.45) is 10.7 Å². The molecule has 0 aliphatic carbocycles. The molecular formula is C22H28N6O3. The minimum Gasteiger partial charge on any atom is -0.444 e. The van der Waals surface area contributed by atoms with Gasteiger partial charge in [-0.3, -0.25) is 4.99 Å². The van der Waals surface area contributed by atoms with Gasteiger partial charge in [-0.1, -0.05) is 12.1 Å². The molecule has 4 N–H and O–H groups in total. The maximum absolute atomic E-state index is 12.2. The number of ether oxygens (including phenoxy) is 2. The van der Waals surface area contributed by atoms with Crippen LogP contribution in [0, 0.1) is 0 Å². The fraction of sp³-hybridized carbons (Fsp3) is 0.364. The van der Waals surface area contributed by atoms with Crippen LogP contribution < -0.4 is 16.4 Å². The van der Waals surface area contributed by atoms with Gasteiger partial charge in [-0.2, -0.15) is 0 Å². The zero-order valence-electron chi connectivity index (χ0n) is 18.2. The molecule has 1 aliphatic heterocycles. The molecule has 3 rings (SSSR count). The number of nitrogens with one attached hydrogen (secondary N) is 2. The lowest BCUT2D eigenvalue weighted by atomic mass is 9.96. The fourth-order valence-electron chi connectivity index (χ4n) is 3.14. The van der Waals surface area contributed by atoms with Crippen molar-refractivity contribution in [2.45, 2.75) is 39.0 Å². The van der Waals surface area contributed by atoms with Crippen LogP contribution in [0.15, 0.2) is 47.4 Å². The third kappa shape index (κ3) is 6.02. The number of amides is 1. The molecular weight excluding hydrogens is 396 g/mol. The molecule has 1 aromatic heterocycles. The van der Waals surface area contributed by atoms with Gasteiger partial charge >= 0.3 is 6.09 Å². The van der Waals surface area contributed by atoms with Crippen molar-refractivity contribution < 1.29 is 14.3 Å². The number of nitrogens with two attached hydrogens (primary N) is 1. The van der Waals surface area contributed by atoms with Crippen LogP contribution >= 0.6 is 0 Å². The molecule has 0 spiro atoms. The number of hydrogen-bond acceptors (Lipinski definition) is 8. The standard InChI is InChI=1S/C22H28N6O3/c1-22(2,3)31-21(29)28-19-13-30-12-15-9-14(5-6-17(15)19)18-7-8-25-20(27-18)26-16(10-23)11-24-4/h5-11,19H,12-13,23H2,1-4H3,(H,28,29)(H,25,26,27). The number of allylic oxidation sites excluding steroid dienone is 1. The van der Waals surface area contributed by atoms with E-state index >= 15 is 0 Å². The number of aromatic nitrogens is 2. The Morgan fingerprint density at radius 2 is 2.16 bits per heavy atom. The molecule has 31 heavy (non-hydrogen) atoms. The van der Waals surface area contributed by atoms with Gasteiger partial charge in [0.2, 0.25) is 5.95 Å². The molecule has 1 atom stereocenters. The van der Waals surface area contributed by atoms with Crippen molar-refractivity contribution in [3.63, 3.8) is 0 Å². The van der Waals surface area contributed by atoms with Gasteiger partial charge in [0.15, 0.2) is 0 Å². The Labute approximate surface area is 181 Å². The Morgan fingerprint density at radius 1 is 1.35 bits per heavy atom. The number of carbonyl (C=O) groups excluding carboxylic acids is 1. The molecule has 0 bridgehead atoms. The number of hydrogen-bond donors (Lipinski definition) is 3. The Morgan fingerprint density at radius 3 is 2.87 bits per heavy atom. The first-order valence-electron chi connectivity index (χ1n) is 9.93. The van der Waals surface area contributed by atoms with Crippen LogP contribution in [0.4, 0.5) is 10.7 Å². The maximum atomic E-state index is 12.2. The fourth-order valence-corrected chi connectivity index (χ4v) is 3.14. The quantitative estimate of drug-likeness (QED) is 0.630. The number of benzene rings is 1. The summed E-state index contributed by atoms with van der Waals surface area (Å²) in [6.45, 7) is 6.34. The van der Waals surface area contributed by atoms with E-state index in [0.29, 0.717) is 24.9 Å². The van der Waals surface area contributed by atoms with Crippen LogP contribution in [-0.4, -0.2) is 41.5 Å². The summed E-state index contributed by atoms with van der Waals surface area (Å²) in [7, 11) is 1.66. The number of rotatable bonds is 5. The van der Waals surface area contributed by atoms with Crippen molar-refractivity contribution in [1.82, 2.24) is 15.3 Å². The van der Waals surface area contributed by atoms with Gasteiger partial charge in [-0.25, -0.2) is 14.8 Å². The number of nitrogens with zero attached hydrogens (tertiary/aromatic N) is 3. The Bertz CT molecular complexity index is 997. The summed E-state index contributed by atoms with van der Waals surface area (Å²) >= 11 is 0. The van der Waals surface area contributed by atoms with Crippen molar-refractivity contribution >= 4 is 18.3 Å². The van der Waals surface area contributed by atoms with Crippen molar-refractivity contribution in [1.29, 1.82) is 0 Å². The molecule has 2 heterocycles. The lowest BCUT2D eigenvalue weighted by Crippen LogP contribution is -2.38. The summed E-state index contributed by atoms with van der Waals surface area (Å²) in [5, 5.41) is 5.92. The summed E-state index contributed by atoms with van der Waals surface area (Å²) in [6.07, 6.45) is 4.19. The Balaban J connectivity index is 1.80. The summed E-state index contributed by atoms with van der Waals surface area (Å²) in [4.78, 5) is 24.9. The van der Waals surface area contributed by atoms with E-state index in [1.54, 1.807) is 19.5 Å². The molecule has 0 radical (unpaired) electrons. The highest BCUT2D eigenvalue weighted by Crippen LogP contribution is 2.29. The summed E-state index contributed by atoms with van der Waals surface area (Å²) in [5.41, 5.74) is 9.26. The SMILES string of the molecule is CN=CC(=CN)Nc1nccc(-c2ccc3c(c2)COCC3NC(=O)OC(C)(C)C)n1. The third-order valence-corrected chi connectivity index (χ3v) is 4.41. The van der Waals surface area contributed by atoms with Gasteiger partial charge in [-0.05, 0) is 44.0 Å². The van der Waals surface area contributed by atoms with Gasteiger partial charge in [0.1, 0.15) is 5.60 Å². The van der Waals surface area contributed by atoms with Crippen molar-refractivity contribution in [3.8, 4) is 11.3 Å². The average Bonchev–Trinajstić information content (AvgIpc) is 2.72. The molecule has 1 aromatic carbocycles. The molecule has 0 saturated carbocycles. The van der Waals surface area contributed by atoms with E-state index in [2.05, 4.69) is 25.6 Å². The molecule has 9 nitrogen and oxygen atoms in total. The minimum absolute atomic E-state index is 0.277. The lowest BCUT2D eigenvalue weighted by Gasteiger charge is -2.28. The van der Waals surface area contributed by atoms with Crippen molar-refractivity contribution in [3.05, 3.63) is 53.5 Å². The van der Waals surface area contributed by atoms with Crippen LogP contribution in [-0.2, 0) is 16.1 Å².